The van der Waals surface area contributed by atoms with Crippen molar-refractivity contribution < 1.29 is 0 Å². The fraction of sp³-hybridized carbons (Fsp3) is 0.625. The lowest BCUT2D eigenvalue weighted by atomic mass is 9.87. The van der Waals surface area contributed by atoms with Gasteiger partial charge in [-0.2, -0.15) is 0 Å². The molecule has 0 saturated heterocycles. The molecule has 1 nitrogen and oxygen atoms in total. The summed E-state index contributed by atoms with van der Waals surface area (Å²) in [7, 11) is 0. The average molecular weight is 268 g/mol. The Morgan fingerprint density at radius 1 is 1.06 bits per heavy atom. The Morgan fingerprint density at radius 3 is 2.11 bits per heavy atom. The molecule has 2 rings (SSSR count). The second-order valence-electron chi connectivity index (χ2n) is 6.31. The first-order chi connectivity index (χ1) is 8.05. The van der Waals surface area contributed by atoms with Crippen molar-refractivity contribution in [1.82, 2.24) is 5.32 Å². The third-order valence-corrected chi connectivity index (χ3v) is 3.77. The van der Waals surface area contributed by atoms with Crippen molar-refractivity contribution in [2.75, 3.05) is 0 Å². The van der Waals surface area contributed by atoms with Crippen LogP contribution in [0, 0.1) is 0 Å². The zero-order chi connectivity index (χ0) is 12.3. The molecule has 0 spiro atoms. The van der Waals surface area contributed by atoms with Crippen molar-refractivity contribution in [1.29, 1.82) is 0 Å². The molecule has 0 aliphatic heterocycles. The summed E-state index contributed by atoms with van der Waals surface area (Å²) in [5.41, 5.74) is 3.09. The standard InChI is InChI=1S/C16H25N.ClH/c1-16(2,3)14-10-8-13(9-11-14)12-17-15-6-4-5-7-15;/h8-11,15,17H,4-7,12H2,1-3H3;1H. The van der Waals surface area contributed by atoms with Crippen molar-refractivity contribution in [3.8, 4) is 0 Å². The van der Waals surface area contributed by atoms with Gasteiger partial charge < -0.3 is 5.32 Å². The Labute approximate surface area is 118 Å². The first-order valence-corrected chi connectivity index (χ1v) is 6.88. The lowest BCUT2D eigenvalue weighted by molar-refractivity contribution is 0.524. The highest BCUT2D eigenvalue weighted by atomic mass is 35.5. The van der Waals surface area contributed by atoms with Crippen LogP contribution < -0.4 is 5.32 Å². The van der Waals surface area contributed by atoms with Crippen molar-refractivity contribution in [3.63, 3.8) is 0 Å². The van der Waals surface area contributed by atoms with E-state index in [9.17, 15) is 0 Å². The van der Waals surface area contributed by atoms with Gasteiger partial charge in [0, 0.05) is 12.6 Å². The molecule has 1 saturated carbocycles. The number of hydrogen-bond acceptors (Lipinski definition) is 1. The summed E-state index contributed by atoms with van der Waals surface area (Å²) in [6, 6.07) is 9.83. The maximum absolute atomic E-state index is 3.66. The van der Waals surface area contributed by atoms with Gasteiger partial charge in [0.05, 0.1) is 0 Å². The van der Waals surface area contributed by atoms with Crippen molar-refractivity contribution >= 4 is 12.4 Å². The van der Waals surface area contributed by atoms with Crippen LogP contribution in [-0.2, 0) is 12.0 Å². The quantitative estimate of drug-likeness (QED) is 0.854. The van der Waals surface area contributed by atoms with E-state index in [1.165, 1.54) is 36.8 Å². The molecule has 0 bridgehead atoms. The normalized spacial score (nSPS) is 16.6. The number of hydrogen-bond donors (Lipinski definition) is 1. The van der Waals surface area contributed by atoms with Gasteiger partial charge in [0.1, 0.15) is 0 Å². The van der Waals surface area contributed by atoms with Crippen molar-refractivity contribution in [2.24, 2.45) is 0 Å². The molecule has 0 heterocycles. The lowest BCUT2D eigenvalue weighted by Crippen LogP contribution is -2.25. The van der Waals surface area contributed by atoms with Gasteiger partial charge in [0.25, 0.3) is 0 Å². The second kappa shape index (κ2) is 6.58. The molecule has 0 radical (unpaired) electrons. The van der Waals surface area contributed by atoms with Crippen LogP contribution in [0.25, 0.3) is 0 Å². The molecule has 102 valence electrons. The molecule has 0 atom stereocenters. The van der Waals surface area contributed by atoms with Gasteiger partial charge in [-0.25, -0.2) is 0 Å². The van der Waals surface area contributed by atoms with Crippen LogP contribution in [0.4, 0.5) is 0 Å². The van der Waals surface area contributed by atoms with Crippen LogP contribution in [0.2, 0.25) is 0 Å². The van der Waals surface area contributed by atoms with Crippen molar-refractivity contribution in [3.05, 3.63) is 35.4 Å². The van der Waals surface area contributed by atoms with Crippen LogP contribution in [0.15, 0.2) is 24.3 Å². The van der Waals surface area contributed by atoms with Crippen LogP contribution >= 0.6 is 12.4 Å². The molecule has 18 heavy (non-hydrogen) atoms. The van der Waals surface area contributed by atoms with Crippen LogP contribution in [0.5, 0.6) is 0 Å². The third-order valence-electron chi connectivity index (χ3n) is 3.77. The minimum absolute atomic E-state index is 0. The van der Waals surface area contributed by atoms with Crippen molar-refractivity contribution in [2.45, 2.75) is 64.5 Å². The number of halogens is 1. The molecule has 0 aromatic heterocycles. The fourth-order valence-corrected chi connectivity index (χ4v) is 2.51. The van der Waals surface area contributed by atoms with Gasteiger partial charge in [0.15, 0.2) is 0 Å². The number of nitrogens with one attached hydrogen (secondary N) is 1. The van der Waals surface area contributed by atoms with E-state index in [0.29, 0.717) is 0 Å². The highest BCUT2D eigenvalue weighted by molar-refractivity contribution is 5.85. The molecule has 0 amide bonds. The summed E-state index contributed by atoms with van der Waals surface area (Å²) in [6.07, 6.45) is 5.53. The maximum Gasteiger partial charge on any atom is 0.0208 e. The summed E-state index contributed by atoms with van der Waals surface area (Å²) in [5.74, 6) is 0. The first kappa shape index (κ1) is 15.5. The summed E-state index contributed by atoms with van der Waals surface area (Å²) in [5, 5.41) is 3.66. The van der Waals surface area contributed by atoms with Gasteiger partial charge in [-0.3, -0.25) is 0 Å². The highest BCUT2D eigenvalue weighted by Gasteiger charge is 2.15. The maximum atomic E-state index is 3.66. The predicted octanol–water partition coefficient (Wildman–Crippen LogP) is 4.44. The third kappa shape index (κ3) is 4.29. The second-order valence-corrected chi connectivity index (χ2v) is 6.31. The van der Waals surface area contributed by atoms with E-state index in [1.807, 2.05) is 0 Å². The van der Waals surface area contributed by atoms with E-state index in [1.54, 1.807) is 0 Å². The van der Waals surface area contributed by atoms with E-state index in [2.05, 4.69) is 50.4 Å². The van der Waals surface area contributed by atoms with Crippen LogP contribution in [0.1, 0.15) is 57.6 Å². The molecule has 2 heteroatoms. The largest absolute Gasteiger partial charge is 0.310 e. The minimum atomic E-state index is 0. The Bertz CT molecular complexity index is 344. The Morgan fingerprint density at radius 2 is 1.61 bits per heavy atom. The summed E-state index contributed by atoms with van der Waals surface area (Å²) in [6.45, 7) is 7.81. The van der Waals surface area contributed by atoms with E-state index in [4.69, 9.17) is 0 Å². The average Bonchev–Trinajstić information content (AvgIpc) is 2.78. The smallest absolute Gasteiger partial charge is 0.0208 e. The molecule has 1 N–H and O–H groups in total. The molecule has 1 aliphatic rings. The van der Waals surface area contributed by atoms with Gasteiger partial charge in [-0.05, 0) is 29.4 Å². The zero-order valence-corrected chi connectivity index (χ0v) is 12.6. The first-order valence-electron chi connectivity index (χ1n) is 6.88. The number of rotatable bonds is 3. The van der Waals surface area contributed by atoms with E-state index < -0.39 is 0 Å². The Kier molecular flexibility index (Phi) is 5.68. The summed E-state index contributed by atoms with van der Waals surface area (Å²) >= 11 is 0. The molecule has 1 aromatic carbocycles. The SMILES string of the molecule is CC(C)(C)c1ccc(CNC2CCCC2)cc1.Cl. The summed E-state index contributed by atoms with van der Waals surface area (Å²) < 4.78 is 0. The number of benzene rings is 1. The van der Waals surface area contributed by atoms with Gasteiger partial charge in [0.2, 0.25) is 0 Å². The van der Waals surface area contributed by atoms with E-state index in [-0.39, 0.29) is 17.8 Å². The van der Waals surface area contributed by atoms with Gasteiger partial charge >= 0.3 is 0 Å². The molecular formula is C16H26ClN. The molecule has 0 unspecified atom stereocenters. The monoisotopic (exact) mass is 267 g/mol. The minimum Gasteiger partial charge on any atom is -0.310 e. The van der Waals surface area contributed by atoms with E-state index >= 15 is 0 Å². The topological polar surface area (TPSA) is 12.0 Å². The van der Waals surface area contributed by atoms with Gasteiger partial charge in [-0.15, -0.1) is 12.4 Å². The summed E-state index contributed by atoms with van der Waals surface area (Å²) in [4.78, 5) is 0. The van der Waals surface area contributed by atoms with Crippen LogP contribution in [0.3, 0.4) is 0 Å². The molecular weight excluding hydrogens is 242 g/mol. The predicted molar refractivity (Wildman–Crippen MR) is 81.5 cm³/mol. The molecule has 1 aromatic rings. The van der Waals surface area contributed by atoms with E-state index in [0.717, 1.165) is 12.6 Å². The zero-order valence-electron chi connectivity index (χ0n) is 11.8. The van der Waals surface area contributed by atoms with Gasteiger partial charge in [-0.1, -0.05) is 57.9 Å². The van der Waals surface area contributed by atoms with Crippen LogP contribution in [-0.4, -0.2) is 6.04 Å². The Hall–Kier alpha value is -0.530. The molecule has 1 aliphatic carbocycles. The highest BCUT2D eigenvalue weighted by Crippen LogP contribution is 2.22. The molecule has 1 fully saturated rings. The Balaban J connectivity index is 0.00000162. The lowest BCUT2D eigenvalue weighted by Gasteiger charge is -2.19. The fourth-order valence-electron chi connectivity index (χ4n) is 2.51.